The Balaban J connectivity index is 2.10. The number of halogens is 1. The van der Waals surface area contributed by atoms with E-state index in [1.165, 1.54) is 23.5 Å². The van der Waals surface area contributed by atoms with Crippen LogP contribution in [0, 0.1) is 0 Å². The monoisotopic (exact) mass is 375 g/mol. The van der Waals surface area contributed by atoms with Gasteiger partial charge in [-0.2, -0.15) is 23.5 Å². The molecule has 1 aromatic carbocycles. The Morgan fingerprint density at radius 3 is 2.85 bits per heavy atom. The molecule has 0 aromatic heterocycles. The summed E-state index contributed by atoms with van der Waals surface area (Å²) in [6, 6.07) is 6.32. The molecule has 1 heterocycles. The Bertz CT molecular complexity index is 444. The van der Waals surface area contributed by atoms with Gasteiger partial charge in [0, 0.05) is 32.5 Å². The smallest absolute Gasteiger partial charge is 0.122 e. The van der Waals surface area contributed by atoms with E-state index >= 15 is 0 Å². The molecule has 3 unspecified atom stereocenters. The van der Waals surface area contributed by atoms with E-state index in [-0.39, 0.29) is 6.04 Å². The van der Waals surface area contributed by atoms with Crippen LogP contribution >= 0.6 is 39.5 Å². The van der Waals surface area contributed by atoms with Gasteiger partial charge >= 0.3 is 0 Å². The molecule has 20 heavy (non-hydrogen) atoms. The lowest BCUT2D eigenvalue weighted by Gasteiger charge is -2.34. The van der Waals surface area contributed by atoms with Gasteiger partial charge in [0.1, 0.15) is 5.75 Å². The van der Waals surface area contributed by atoms with Crippen molar-refractivity contribution >= 4 is 39.5 Å². The summed E-state index contributed by atoms with van der Waals surface area (Å²) < 4.78 is 6.53. The Morgan fingerprint density at radius 1 is 1.40 bits per heavy atom. The lowest BCUT2D eigenvalue weighted by molar-refractivity contribution is 0.407. The first-order chi connectivity index (χ1) is 9.65. The van der Waals surface area contributed by atoms with E-state index in [2.05, 4.69) is 40.7 Å². The zero-order valence-electron chi connectivity index (χ0n) is 12.0. The first kappa shape index (κ1) is 16.5. The van der Waals surface area contributed by atoms with Gasteiger partial charge in [0.25, 0.3) is 0 Å². The summed E-state index contributed by atoms with van der Waals surface area (Å²) in [4.78, 5) is 0. The summed E-state index contributed by atoms with van der Waals surface area (Å²) in [5, 5.41) is 1.23. The van der Waals surface area contributed by atoms with Gasteiger partial charge in [-0.1, -0.05) is 22.9 Å². The van der Waals surface area contributed by atoms with E-state index in [0.717, 1.165) is 16.6 Å². The molecular weight excluding hydrogens is 354 g/mol. The molecule has 1 aliphatic heterocycles. The minimum absolute atomic E-state index is 0.181. The lowest BCUT2D eigenvalue weighted by atomic mass is 10.0. The van der Waals surface area contributed by atoms with Crippen LogP contribution in [0.25, 0.3) is 0 Å². The molecule has 2 N–H and O–H groups in total. The molecule has 0 amide bonds. The molecule has 1 aliphatic rings. The van der Waals surface area contributed by atoms with E-state index in [4.69, 9.17) is 10.5 Å². The first-order valence-corrected chi connectivity index (χ1v) is 9.86. The first-order valence-electron chi connectivity index (χ1n) is 6.97. The number of hydrogen-bond donors (Lipinski definition) is 1. The van der Waals surface area contributed by atoms with Crippen LogP contribution in [0.3, 0.4) is 0 Å². The third kappa shape index (κ3) is 4.09. The summed E-state index contributed by atoms with van der Waals surface area (Å²) in [7, 11) is 1.72. The number of methoxy groups -OCH3 is 1. The fourth-order valence-corrected chi connectivity index (χ4v) is 6.21. The average Bonchev–Trinajstić information content (AvgIpc) is 2.47. The van der Waals surface area contributed by atoms with Gasteiger partial charge < -0.3 is 10.5 Å². The van der Waals surface area contributed by atoms with Crippen molar-refractivity contribution in [1.29, 1.82) is 0 Å². The van der Waals surface area contributed by atoms with E-state index in [0.29, 0.717) is 10.5 Å². The number of rotatable bonds is 5. The van der Waals surface area contributed by atoms with Crippen molar-refractivity contribution in [3.63, 3.8) is 0 Å². The van der Waals surface area contributed by atoms with Crippen molar-refractivity contribution in [3.8, 4) is 5.75 Å². The lowest BCUT2D eigenvalue weighted by Crippen LogP contribution is -2.43. The molecule has 0 saturated carbocycles. The number of benzene rings is 1. The molecule has 1 aromatic rings. The number of thioether (sulfide) groups is 2. The standard InChI is InChI=1S/C15H22BrNOS2/c1-3-14-15(20-7-6-19-14)12(17)9-10-8-11(16)4-5-13(10)18-2/h4-5,8,12,14-15H,3,6-7,9,17H2,1-2H3. The Morgan fingerprint density at radius 2 is 2.15 bits per heavy atom. The molecule has 0 radical (unpaired) electrons. The molecule has 2 rings (SSSR count). The second kappa shape index (κ2) is 7.97. The molecule has 2 nitrogen and oxygen atoms in total. The molecule has 0 bridgehead atoms. The Labute approximate surface area is 138 Å². The van der Waals surface area contributed by atoms with Gasteiger partial charge in [-0.3, -0.25) is 0 Å². The molecular formula is C15H22BrNOS2. The molecule has 0 aliphatic carbocycles. The van der Waals surface area contributed by atoms with Crippen molar-refractivity contribution in [2.75, 3.05) is 18.6 Å². The van der Waals surface area contributed by atoms with E-state index in [1.54, 1.807) is 7.11 Å². The zero-order valence-corrected chi connectivity index (χ0v) is 15.2. The topological polar surface area (TPSA) is 35.2 Å². The van der Waals surface area contributed by atoms with Crippen molar-refractivity contribution in [2.24, 2.45) is 5.73 Å². The molecule has 5 heteroatoms. The Hall–Kier alpha value is 0.160. The molecule has 1 fully saturated rings. The third-order valence-corrected chi connectivity index (χ3v) is 7.54. The van der Waals surface area contributed by atoms with Gasteiger partial charge in [0.2, 0.25) is 0 Å². The summed E-state index contributed by atoms with van der Waals surface area (Å²) in [6.45, 7) is 2.27. The van der Waals surface area contributed by atoms with Crippen LogP contribution in [0.2, 0.25) is 0 Å². The quantitative estimate of drug-likeness (QED) is 0.844. The van der Waals surface area contributed by atoms with Crippen LogP contribution in [0.1, 0.15) is 18.9 Å². The Kier molecular flexibility index (Phi) is 6.59. The molecule has 112 valence electrons. The summed E-state index contributed by atoms with van der Waals surface area (Å²) in [5.74, 6) is 3.41. The van der Waals surface area contributed by atoms with Gasteiger partial charge in [-0.15, -0.1) is 0 Å². The third-order valence-electron chi connectivity index (χ3n) is 3.61. The summed E-state index contributed by atoms with van der Waals surface area (Å²) >= 11 is 7.66. The largest absolute Gasteiger partial charge is 0.496 e. The zero-order chi connectivity index (χ0) is 14.5. The molecule has 1 saturated heterocycles. The van der Waals surface area contributed by atoms with Crippen LogP contribution in [0.4, 0.5) is 0 Å². The van der Waals surface area contributed by atoms with Gasteiger partial charge in [-0.05, 0) is 36.6 Å². The van der Waals surface area contributed by atoms with Gasteiger partial charge in [-0.25, -0.2) is 0 Å². The summed E-state index contributed by atoms with van der Waals surface area (Å²) in [6.07, 6.45) is 2.07. The van der Waals surface area contributed by atoms with Crippen molar-refractivity contribution in [2.45, 2.75) is 36.3 Å². The van der Waals surface area contributed by atoms with Crippen LogP contribution in [-0.4, -0.2) is 35.2 Å². The SMILES string of the molecule is CCC1SCCSC1C(N)Cc1cc(Br)ccc1OC. The normalized spacial score (nSPS) is 24.4. The maximum Gasteiger partial charge on any atom is 0.122 e. The van der Waals surface area contributed by atoms with E-state index in [9.17, 15) is 0 Å². The van der Waals surface area contributed by atoms with Crippen molar-refractivity contribution < 1.29 is 4.74 Å². The van der Waals surface area contributed by atoms with Gasteiger partial charge in [0.15, 0.2) is 0 Å². The highest BCUT2D eigenvalue weighted by Gasteiger charge is 2.30. The summed E-state index contributed by atoms with van der Waals surface area (Å²) in [5.41, 5.74) is 7.71. The molecule has 3 atom stereocenters. The average molecular weight is 376 g/mol. The second-order valence-corrected chi connectivity index (χ2v) is 8.53. The van der Waals surface area contributed by atoms with Crippen LogP contribution < -0.4 is 10.5 Å². The maximum absolute atomic E-state index is 6.52. The van der Waals surface area contributed by atoms with E-state index < -0.39 is 0 Å². The van der Waals surface area contributed by atoms with Crippen molar-refractivity contribution in [3.05, 3.63) is 28.2 Å². The van der Waals surface area contributed by atoms with Crippen LogP contribution in [0.15, 0.2) is 22.7 Å². The highest BCUT2D eigenvalue weighted by atomic mass is 79.9. The second-order valence-electron chi connectivity index (χ2n) is 4.98. The predicted molar refractivity (Wildman–Crippen MR) is 95.2 cm³/mol. The maximum atomic E-state index is 6.52. The fraction of sp³-hybridized carbons (Fsp3) is 0.600. The minimum Gasteiger partial charge on any atom is -0.496 e. The van der Waals surface area contributed by atoms with Gasteiger partial charge in [0.05, 0.1) is 7.11 Å². The van der Waals surface area contributed by atoms with E-state index in [1.807, 2.05) is 23.9 Å². The number of ether oxygens (including phenoxy) is 1. The number of nitrogens with two attached hydrogens (primary N) is 1. The predicted octanol–water partition coefficient (Wildman–Crippen LogP) is 3.95. The van der Waals surface area contributed by atoms with Crippen LogP contribution in [-0.2, 0) is 6.42 Å². The highest BCUT2D eigenvalue weighted by molar-refractivity contribution is 9.10. The minimum atomic E-state index is 0.181. The van der Waals surface area contributed by atoms with Crippen LogP contribution in [0.5, 0.6) is 5.75 Å². The highest BCUT2D eigenvalue weighted by Crippen LogP contribution is 2.36. The fourth-order valence-electron chi connectivity index (χ4n) is 2.61. The number of hydrogen-bond acceptors (Lipinski definition) is 4. The van der Waals surface area contributed by atoms with Crippen molar-refractivity contribution in [1.82, 2.24) is 0 Å². The molecule has 0 spiro atoms.